The summed E-state index contributed by atoms with van der Waals surface area (Å²) < 4.78 is 10.2. The van der Waals surface area contributed by atoms with Crippen molar-refractivity contribution in [2.24, 2.45) is 17.8 Å². The maximum Gasteiger partial charge on any atom is 0.280 e. The van der Waals surface area contributed by atoms with Crippen molar-refractivity contribution in [3.8, 4) is 0 Å². The molecule has 1 saturated carbocycles. The number of ether oxygens (including phenoxy) is 1. The van der Waals surface area contributed by atoms with Crippen LogP contribution >= 0.6 is 22.6 Å². The molecule has 8 heteroatoms. The van der Waals surface area contributed by atoms with Crippen LogP contribution in [0.5, 0.6) is 0 Å². The third kappa shape index (κ3) is 5.38. The van der Waals surface area contributed by atoms with E-state index in [1.165, 1.54) is 0 Å². The monoisotopic (exact) mass is 673 g/mol. The summed E-state index contributed by atoms with van der Waals surface area (Å²) in [6.45, 7) is 5.58. The highest BCUT2D eigenvalue weighted by Crippen LogP contribution is 2.48. The SMILES string of the molecule is CC(C)CNc1nc2c(ncn2[C@@H]2C[C@H](COC(c3ccccc3)(c3ccccc3)c3ccccc3)[C@H]2CI)c(=O)[nH]1. The van der Waals surface area contributed by atoms with Gasteiger partial charge in [-0.15, -0.1) is 0 Å². The number of hydrogen-bond acceptors (Lipinski definition) is 5. The van der Waals surface area contributed by atoms with Gasteiger partial charge in [0.15, 0.2) is 11.2 Å². The number of rotatable bonds is 11. The fraction of sp³-hybridized carbons (Fsp3) is 0.324. The Bertz CT molecular complexity index is 1570. The average molecular weight is 674 g/mol. The molecule has 2 N–H and O–H groups in total. The van der Waals surface area contributed by atoms with E-state index < -0.39 is 5.60 Å². The quantitative estimate of drug-likeness (QED) is 0.0915. The van der Waals surface area contributed by atoms with E-state index in [0.29, 0.717) is 41.5 Å². The van der Waals surface area contributed by atoms with E-state index in [4.69, 9.17) is 9.72 Å². The molecule has 3 atom stereocenters. The lowest BCUT2D eigenvalue weighted by molar-refractivity contribution is -0.0543. The third-order valence-electron chi connectivity index (χ3n) is 8.34. The van der Waals surface area contributed by atoms with Crippen molar-refractivity contribution in [1.29, 1.82) is 0 Å². The van der Waals surface area contributed by atoms with Crippen LogP contribution in [0.4, 0.5) is 5.95 Å². The van der Waals surface area contributed by atoms with Crippen LogP contribution in [-0.4, -0.2) is 37.1 Å². The normalized spacial score (nSPS) is 18.7. The van der Waals surface area contributed by atoms with E-state index >= 15 is 0 Å². The third-order valence-corrected chi connectivity index (χ3v) is 9.36. The van der Waals surface area contributed by atoms with Crippen molar-refractivity contribution in [2.45, 2.75) is 31.9 Å². The van der Waals surface area contributed by atoms with Crippen molar-refractivity contribution in [3.63, 3.8) is 0 Å². The molecule has 0 saturated heterocycles. The predicted molar refractivity (Wildman–Crippen MR) is 176 cm³/mol. The van der Waals surface area contributed by atoms with Crippen LogP contribution in [0, 0.1) is 17.8 Å². The summed E-state index contributed by atoms with van der Waals surface area (Å²) in [5.74, 6) is 1.63. The molecule has 7 nitrogen and oxygen atoms in total. The highest BCUT2D eigenvalue weighted by Gasteiger charge is 2.45. The highest BCUT2D eigenvalue weighted by molar-refractivity contribution is 14.1. The molecule has 2 heterocycles. The lowest BCUT2D eigenvalue weighted by Crippen LogP contribution is -2.44. The van der Waals surface area contributed by atoms with Gasteiger partial charge in [-0.3, -0.25) is 9.78 Å². The number of anilines is 1. The van der Waals surface area contributed by atoms with Gasteiger partial charge in [-0.05, 0) is 40.9 Å². The number of nitrogens with zero attached hydrogens (tertiary/aromatic N) is 3. The summed E-state index contributed by atoms with van der Waals surface area (Å²) in [7, 11) is 0. The van der Waals surface area contributed by atoms with Crippen molar-refractivity contribution < 1.29 is 4.74 Å². The van der Waals surface area contributed by atoms with Crippen LogP contribution in [-0.2, 0) is 10.3 Å². The van der Waals surface area contributed by atoms with Crippen LogP contribution in [0.25, 0.3) is 11.2 Å². The fourth-order valence-electron chi connectivity index (χ4n) is 6.07. The fourth-order valence-corrected chi connectivity index (χ4v) is 7.38. The van der Waals surface area contributed by atoms with Crippen LogP contribution in [0.2, 0.25) is 0 Å². The Balaban J connectivity index is 1.30. The summed E-state index contributed by atoms with van der Waals surface area (Å²) in [6, 6.07) is 31.8. The van der Waals surface area contributed by atoms with Crippen LogP contribution in [0.15, 0.2) is 102 Å². The molecular formula is C34H36IN5O2. The van der Waals surface area contributed by atoms with Gasteiger partial charge in [0.25, 0.3) is 5.56 Å². The van der Waals surface area contributed by atoms with Gasteiger partial charge in [0.1, 0.15) is 5.60 Å². The van der Waals surface area contributed by atoms with E-state index in [2.05, 4.69) is 129 Å². The second-order valence-corrected chi connectivity index (χ2v) is 12.4. The molecule has 0 bridgehead atoms. The number of benzene rings is 3. The Kier molecular flexibility index (Phi) is 8.44. The maximum atomic E-state index is 12.8. The molecular weight excluding hydrogens is 637 g/mol. The summed E-state index contributed by atoms with van der Waals surface area (Å²) in [5.41, 5.74) is 3.38. The van der Waals surface area contributed by atoms with Crippen molar-refractivity contribution in [1.82, 2.24) is 19.5 Å². The molecule has 216 valence electrons. The van der Waals surface area contributed by atoms with Crippen molar-refractivity contribution >= 4 is 39.7 Å². The molecule has 1 aliphatic carbocycles. The van der Waals surface area contributed by atoms with Gasteiger partial charge in [0, 0.05) is 17.0 Å². The first-order valence-corrected chi connectivity index (χ1v) is 16.1. The molecule has 6 rings (SSSR count). The maximum absolute atomic E-state index is 12.8. The molecule has 2 aromatic heterocycles. The zero-order valence-electron chi connectivity index (χ0n) is 23.9. The second kappa shape index (κ2) is 12.4. The van der Waals surface area contributed by atoms with Gasteiger partial charge in [0.05, 0.1) is 12.9 Å². The first kappa shape index (κ1) is 28.6. The number of halogens is 1. The first-order chi connectivity index (χ1) is 20.5. The largest absolute Gasteiger partial charge is 0.361 e. The van der Waals surface area contributed by atoms with E-state index in [1.54, 1.807) is 6.33 Å². The lowest BCUT2D eigenvalue weighted by Gasteiger charge is -2.46. The van der Waals surface area contributed by atoms with Crippen LogP contribution < -0.4 is 10.9 Å². The summed E-state index contributed by atoms with van der Waals surface area (Å²) in [5, 5.41) is 3.26. The minimum absolute atomic E-state index is 0.201. The molecule has 0 spiro atoms. The number of imidazole rings is 1. The predicted octanol–water partition coefficient (Wildman–Crippen LogP) is 6.81. The number of aromatic nitrogens is 4. The molecule has 0 radical (unpaired) electrons. The standard InChI is InChI=1S/C34H36IN5O2/c1-23(2)20-36-33-38-31-30(32(41)39-33)37-22-40(31)29-18-24(28(29)19-35)21-42-34(25-12-6-3-7-13-25,26-14-8-4-9-15-26)27-16-10-5-11-17-27/h3-17,22-24,28-29H,18-21H2,1-2H3,(H2,36,38,39,41)/t24-,28-,29-/m1/s1. The van der Waals surface area contributed by atoms with E-state index in [9.17, 15) is 4.79 Å². The molecule has 1 fully saturated rings. The zero-order valence-corrected chi connectivity index (χ0v) is 26.1. The molecule has 0 aliphatic heterocycles. The molecule has 42 heavy (non-hydrogen) atoms. The Morgan fingerprint density at radius 1 is 0.976 bits per heavy atom. The smallest absolute Gasteiger partial charge is 0.280 e. The Morgan fingerprint density at radius 3 is 2.07 bits per heavy atom. The number of nitrogens with one attached hydrogen (secondary N) is 2. The second-order valence-electron chi connectivity index (χ2n) is 11.5. The number of H-pyrrole nitrogens is 1. The number of hydrogen-bond donors (Lipinski definition) is 2. The first-order valence-electron chi connectivity index (χ1n) is 14.6. The van der Waals surface area contributed by atoms with E-state index in [-0.39, 0.29) is 11.6 Å². The minimum Gasteiger partial charge on any atom is -0.361 e. The van der Waals surface area contributed by atoms with Gasteiger partial charge in [-0.1, -0.05) is 127 Å². The minimum atomic E-state index is -0.738. The lowest BCUT2D eigenvalue weighted by atomic mass is 9.70. The zero-order chi connectivity index (χ0) is 29.1. The number of aromatic amines is 1. The van der Waals surface area contributed by atoms with Gasteiger partial charge in [-0.25, -0.2) is 4.98 Å². The Morgan fingerprint density at radius 2 is 1.55 bits per heavy atom. The van der Waals surface area contributed by atoms with Gasteiger partial charge in [-0.2, -0.15) is 4.98 Å². The van der Waals surface area contributed by atoms with Crippen LogP contribution in [0.1, 0.15) is 43.0 Å². The van der Waals surface area contributed by atoms with Crippen molar-refractivity contribution in [2.75, 3.05) is 22.9 Å². The van der Waals surface area contributed by atoms with Gasteiger partial charge >= 0.3 is 0 Å². The molecule has 0 unspecified atom stereocenters. The molecule has 0 amide bonds. The topological polar surface area (TPSA) is 84.8 Å². The average Bonchev–Trinajstić information content (AvgIpc) is 3.43. The van der Waals surface area contributed by atoms with Crippen LogP contribution in [0.3, 0.4) is 0 Å². The van der Waals surface area contributed by atoms with Gasteiger partial charge in [0.2, 0.25) is 5.95 Å². The van der Waals surface area contributed by atoms with Gasteiger partial charge < -0.3 is 14.6 Å². The molecule has 5 aromatic rings. The Labute approximate surface area is 259 Å². The number of alkyl halides is 1. The van der Waals surface area contributed by atoms with E-state index in [0.717, 1.165) is 34.1 Å². The summed E-state index contributed by atoms with van der Waals surface area (Å²) in [6.07, 6.45) is 2.71. The Hall–Kier alpha value is -3.50. The van der Waals surface area contributed by atoms with Crippen molar-refractivity contribution in [3.05, 3.63) is 124 Å². The van der Waals surface area contributed by atoms with E-state index in [1.807, 2.05) is 18.2 Å². The summed E-state index contributed by atoms with van der Waals surface area (Å²) >= 11 is 2.48. The molecule has 3 aromatic carbocycles. The highest BCUT2D eigenvalue weighted by atomic mass is 127. The number of fused-ring (bicyclic) bond motifs is 1. The summed E-state index contributed by atoms with van der Waals surface area (Å²) in [4.78, 5) is 24.8. The molecule has 1 aliphatic rings.